The predicted octanol–water partition coefficient (Wildman–Crippen LogP) is 4.17. The Morgan fingerprint density at radius 3 is 2.77 bits per heavy atom. The Morgan fingerprint density at radius 2 is 2.09 bits per heavy atom. The lowest BCUT2D eigenvalue weighted by Gasteiger charge is -2.23. The highest BCUT2D eigenvalue weighted by Crippen LogP contribution is 2.35. The first kappa shape index (κ1) is 24.6. The molecule has 1 amide bonds. The van der Waals surface area contributed by atoms with Gasteiger partial charge < -0.3 is 30.9 Å². The van der Waals surface area contributed by atoms with Crippen LogP contribution in [0.2, 0.25) is 0 Å². The van der Waals surface area contributed by atoms with E-state index in [0.717, 1.165) is 30.8 Å². The number of alkyl halides is 2. The molecule has 1 saturated heterocycles. The van der Waals surface area contributed by atoms with E-state index in [1.54, 1.807) is 36.7 Å². The molecule has 1 aliphatic heterocycles. The van der Waals surface area contributed by atoms with Crippen LogP contribution in [-0.4, -0.2) is 60.6 Å². The van der Waals surface area contributed by atoms with Crippen LogP contribution in [0.3, 0.4) is 0 Å². The monoisotopic (exact) mass is 503 g/mol. The van der Waals surface area contributed by atoms with Gasteiger partial charge in [0.25, 0.3) is 5.91 Å². The number of nitrogens with one attached hydrogen (secondary N) is 2. The number of carbonyl (C=O) groups is 1. The van der Waals surface area contributed by atoms with Gasteiger partial charge in [0.2, 0.25) is 5.95 Å². The van der Waals surface area contributed by atoms with Gasteiger partial charge in [-0.3, -0.25) is 4.79 Å². The highest BCUT2D eigenvalue weighted by atomic mass is 32.1. The molecule has 12 heteroatoms. The summed E-state index contributed by atoms with van der Waals surface area (Å²) in [5.74, 6) is 0.0764. The Labute approximate surface area is 205 Å². The Morgan fingerprint density at radius 1 is 1.29 bits per heavy atom. The summed E-state index contributed by atoms with van der Waals surface area (Å²) < 4.78 is 31.2. The summed E-state index contributed by atoms with van der Waals surface area (Å²) in [4.78, 5) is 25.0. The predicted molar refractivity (Wildman–Crippen MR) is 134 cm³/mol. The SMILES string of the molecule is Cc1cnc(Nc2ccc(N3CC[C@H](N(C)C)C3)cc2OC(F)F)nc1Nc1ccsc1C(N)=O. The average molecular weight is 504 g/mol. The number of anilines is 5. The number of ether oxygens (including phenoxy) is 1. The number of nitrogens with two attached hydrogens (primary N) is 1. The van der Waals surface area contributed by atoms with Crippen LogP contribution >= 0.6 is 11.3 Å². The summed E-state index contributed by atoms with van der Waals surface area (Å²) in [5.41, 5.74) is 7.79. The Kier molecular flexibility index (Phi) is 7.31. The van der Waals surface area contributed by atoms with Crippen molar-refractivity contribution < 1.29 is 18.3 Å². The molecule has 1 aliphatic rings. The van der Waals surface area contributed by atoms with Gasteiger partial charge in [0.05, 0.1) is 11.4 Å². The zero-order chi connectivity index (χ0) is 25.1. The molecular formula is C23H27F2N7O2S. The third kappa shape index (κ3) is 5.77. The number of amides is 1. The van der Waals surface area contributed by atoms with Crippen LogP contribution in [0, 0.1) is 6.92 Å². The van der Waals surface area contributed by atoms with Gasteiger partial charge in [-0.2, -0.15) is 13.8 Å². The molecule has 9 nitrogen and oxygen atoms in total. The number of aromatic nitrogens is 2. The molecule has 0 saturated carbocycles. The van der Waals surface area contributed by atoms with Gasteiger partial charge in [-0.05, 0) is 51.0 Å². The number of likely N-dealkylation sites (N-methyl/N-ethyl adjacent to an activating group) is 1. The fourth-order valence-corrected chi connectivity index (χ4v) is 4.58. The van der Waals surface area contributed by atoms with Crippen LogP contribution in [-0.2, 0) is 0 Å². The normalized spacial score (nSPS) is 15.6. The molecule has 3 heterocycles. The second-order valence-corrected chi connectivity index (χ2v) is 9.33. The van der Waals surface area contributed by atoms with Crippen molar-refractivity contribution >= 4 is 46.1 Å². The molecule has 1 fully saturated rings. The van der Waals surface area contributed by atoms with Crippen molar-refractivity contribution in [3.63, 3.8) is 0 Å². The maximum Gasteiger partial charge on any atom is 0.387 e. The molecule has 1 aromatic carbocycles. The second kappa shape index (κ2) is 10.4. The first-order chi connectivity index (χ1) is 16.7. The molecule has 2 aromatic heterocycles. The number of primary amides is 1. The van der Waals surface area contributed by atoms with Crippen molar-refractivity contribution in [3.8, 4) is 5.75 Å². The third-order valence-electron chi connectivity index (χ3n) is 5.80. The van der Waals surface area contributed by atoms with Crippen molar-refractivity contribution in [2.75, 3.05) is 42.7 Å². The highest BCUT2D eigenvalue weighted by Gasteiger charge is 2.25. The van der Waals surface area contributed by atoms with Gasteiger partial charge in [-0.15, -0.1) is 11.3 Å². The van der Waals surface area contributed by atoms with Gasteiger partial charge in [-0.25, -0.2) is 4.98 Å². The maximum atomic E-state index is 13.2. The minimum Gasteiger partial charge on any atom is -0.433 e. The summed E-state index contributed by atoms with van der Waals surface area (Å²) in [6.07, 6.45) is 2.58. The van der Waals surface area contributed by atoms with E-state index in [-0.39, 0.29) is 11.7 Å². The van der Waals surface area contributed by atoms with Gasteiger partial charge in [-0.1, -0.05) is 0 Å². The van der Waals surface area contributed by atoms with Gasteiger partial charge in [0.15, 0.2) is 5.75 Å². The number of nitrogens with zero attached hydrogens (tertiary/aromatic N) is 4. The van der Waals surface area contributed by atoms with Crippen LogP contribution in [0.1, 0.15) is 21.7 Å². The Balaban J connectivity index is 1.57. The average Bonchev–Trinajstić information content (AvgIpc) is 3.47. The molecule has 4 rings (SSSR count). The van der Waals surface area contributed by atoms with Crippen molar-refractivity contribution in [3.05, 3.63) is 46.3 Å². The number of rotatable bonds is 9. The van der Waals surface area contributed by atoms with Crippen LogP contribution < -0.4 is 26.0 Å². The molecular weight excluding hydrogens is 476 g/mol. The molecule has 0 bridgehead atoms. The number of carbonyl (C=O) groups excluding carboxylic acids is 1. The number of halogens is 2. The van der Waals surface area contributed by atoms with E-state index in [1.165, 1.54) is 11.3 Å². The lowest BCUT2D eigenvalue weighted by atomic mass is 10.2. The standard InChI is InChI=1S/C23H27F2N7O2S/c1-13-11-27-23(30-21(13)28-17-7-9-35-19(17)20(26)33)29-16-5-4-14(10-18(16)34-22(24)25)32-8-6-15(12-32)31(2)3/h4-5,7,9-11,15,22H,6,8,12H2,1-3H3,(H2,26,33)(H2,27,28,29,30)/t15-/m0/s1. The fraction of sp³-hybridized carbons (Fsp3) is 0.348. The smallest absolute Gasteiger partial charge is 0.387 e. The number of thiophene rings is 1. The summed E-state index contributed by atoms with van der Waals surface area (Å²) in [5, 5.41) is 7.81. The maximum absolute atomic E-state index is 13.2. The Bertz CT molecular complexity index is 1200. The quantitative estimate of drug-likeness (QED) is 0.399. The third-order valence-corrected chi connectivity index (χ3v) is 6.73. The van der Waals surface area contributed by atoms with Gasteiger partial charge in [0.1, 0.15) is 10.7 Å². The zero-order valence-electron chi connectivity index (χ0n) is 19.6. The lowest BCUT2D eigenvalue weighted by Crippen LogP contribution is -2.31. The topological polar surface area (TPSA) is 109 Å². The highest BCUT2D eigenvalue weighted by molar-refractivity contribution is 7.12. The summed E-state index contributed by atoms with van der Waals surface area (Å²) >= 11 is 1.22. The number of benzene rings is 1. The molecule has 0 spiro atoms. The van der Waals surface area contributed by atoms with E-state index >= 15 is 0 Å². The summed E-state index contributed by atoms with van der Waals surface area (Å²) in [7, 11) is 4.06. The number of aryl methyl sites for hydroxylation is 1. The summed E-state index contributed by atoms with van der Waals surface area (Å²) in [6, 6.07) is 7.26. The van der Waals surface area contributed by atoms with E-state index in [1.807, 2.05) is 20.2 Å². The fourth-order valence-electron chi connectivity index (χ4n) is 3.88. The second-order valence-electron chi connectivity index (χ2n) is 8.41. The molecule has 0 unspecified atom stereocenters. The van der Waals surface area contributed by atoms with Gasteiger partial charge >= 0.3 is 6.61 Å². The van der Waals surface area contributed by atoms with Crippen molar-refractivity contribution in [1.29, 1.82) is 0 Å². The summed E-state index contributed by atoms with van der Waals surface area (Å²) in [6.45, 7) is 0.454. The minimum atomic E-state index is -2.99. The first-order valence-electron chi connectivity index (χ1n) is 11.0. The number of hydrogen-bond donors (Lipinski definition) is 3. The minimum absolute atomic E-state index is 0.00154. The van der Waals surface area contributed by atoms with Crippen LogP contribution in [0.25, 0.3) is 0 Å². The van der Waals surface area contributed by atoms with E-state index in [2.05, 4.69) is 30.4 Å². The molecule has 3 aromatic rings. The Hall–Kier alpha value is -3.51. The van der Waals surface area contributed by atoms with Crippen molar-refractivity contribution in [2.45, 2.75) is 26.0 Å². The van der Waals surface area contributed by atoms with E-state index < -0.39 is 12.5 Å². The molecule has 4 N–H and O–H groups in total. The molecule has 1 atom stereocenters. The number of hydrogen-bond acceptors (Lipinski definition) is 9. The zero-order valence-corrected chi connectivity index (χ0v) is 20.4. The van der Waals surface area contributed by atoms with Crippen LogP contribution in [0.4, 0.5) is 37.6 Å². The molecule has 0 aliphatic carbocycles. The van der Waals surface area contributed by atoms with E-state index in [0.29, 0.717) is 28.1 Å². The van der Waals surface area contributed by atoms with Gasteiger partial charge in [0, 0.05) is 42.6 Å². The van der Waals surface area contributed by atoms with E-state index in [4.69, 9.17) is 10.5 Å². The largest absolute Gasteiger partial charge is 0.433 e. The molecule has 186 valence electrons. The molecule has 35 heavy (non-hydrogen) atoms. The lowest BCUT2D eigenvalue weighted by molar-refractivity contribution is -0.0493. The van der Waals surface area contributed by atoms with E-state index in [9.17, 15) is 13.6 Å². The molecule has 0 radical (unpaired) electrons. The van der Waals surface area contributed by atoms with Crippen LogP contribution in [0.5, 0.6) is 5.75 Å². The van der Waals surface area contributed by atoms with Crippen LogP contribution in [0.15, 0.2) is 35.8 Å². The first-order valence-corrected chi connectivity index (χ1v) is 11.8. The van der Waals surface area contributed by atoms with Crippen molar-refractivity contribution in [2.24, 2.45) is 5.73 Å². The van der Waals surface area contributed by atoms with Crippen molar-refractivity contribution in [1.82, 2.24) is 14.9 Å².